The van der Waals surface area contributed by atoms with E-state index in [0.717, 1.165) is 10.5 Å². The van der Waals surface area contributed by atoms with Gasteiger partial charge in [-0.15, -0.1) is 0 Å². The van der Waals surface area contributed by atoms with E-state index in [0.29, 0.717) is 5.56 Å². The largest absolute Gasteiger partial charge is 0.480 e. The molecule has 0 aliphatic carbocycles. The average molecular weight is 333 g/mol. The van der Waals surface area contributed by atoms with Crippen LogP contribution >= 0.6 is 0 Å². The predicted molar refractivity (Wildman–Crippen MR) is 84.0 cm³/mol. The molecule has 0 aromatic heterocycles. The highest BCUT2D eigenvalue weighted by Crippen LogP contribution is 2.28. The molecule has 8 heteroatoms. The number of urea groups is 1. The van der Waals surface area contributed by atoms with E-state index < -0.39 is 41.9 Å². The number of carboxylic acids is 1. The van der Waals surface area contributed by atoms with Gasteiger partial charge in [-0.05, 0) is 26.3 Å². The zero-order valence-electron chi connectivity index (χ0n) is 13.6. The highest BCUT2D eigenvalue weighted by Gasteiger charge is 2.49. The summed E-state index contributed by atoms with van der Waals surface area (Å²) in [5, 5.41) is 13.6. The first-order valence-corrected chi connectivity index (χ1v) is 7.38. The Morgan fingerprint density at radius 1 is 1.29 bits per heavy atom. The third-order valence-corrected chi connectivity index (χ3v) is 3.95. The first-order chi connectivity index (χ1) is 11.1. The Balaban J connectivity index is 2.15. The molecule has 0 radical (unpaired) electrons. The van der Waals surface area contributed by atoms with Gasteiger partial charge in [0, 0.05) is 0 Å². The van der Waals surface area contributed by atoms with E-state index in [-0.39, 0.29) is 0 Å². The SMILES string of the molecule is Cc1ccc(C2(C)NC(=O)N(CC(=O)N[C@H](C)C(=O)O)C2=O)cc1. The lowest BCUT2D eigenvalue weighted by molar-refractivity contribution is -0.141. The Labute approximate surface area is 138 Å². The van der Waals surface area contributed by atoms with Crippen molar-refractivity contribution in [3.05, 3.63) is 35.4 Å². The van der Waals surface area contributed by atoms with E-state index in [9.17, 15) is 19.2 Å². The van der Waals surface area contributed by atoms with Crippen molar-refractivity contribution in [2.24, 2.45) is 0 Å². The van der Waals surface area contributed by atoms with Gasteiger partial charge < -0.3 is 15.7 Å². The molecule has 3 N–H and O–H groups in total. The molecular formula is C16H19N3O5. The lowest BCUT2D eigenvalue weighted by atomic mass is 9.91. The number of imide groups is 1. The molecule has 1 aromatic carbocycles. The van der Waals surface area contributed by atoms with E-state index >= 15 is 0 Å². The van der Waals surface area contributed by atoms with Crippen LogP contribution in [0.15, 0.2) is 24.3 Å². The van der Waals surface area contributed by atoms with Gasteiger partial charge in [0.25, 0.3) is 5.91 Å². The average Bonchev–Trinajstić information content (AvgIpc) is 2.72. The molecule has 0 saturated carbocycles. The summed E-state index contributed by atoms with van der Waals surface area (Å²) in [6.45, 7) is 4.23. The van der Waals surface area contributed by atoms with Gasteiger partial charge in [0.15, 0.2) is 0 Å². The van der Waals surface area contributed by atoms with Crippen LogP contribution in [0.2, 0.25) is 0 Å². The summed E-state index contributed by atoms with van der Waals surface area (Å²) in [4.78, 5) is 48.1. The summed E-state index contributed by atoms with van der Waals surface area (Å²) in [5.41, 5.74) is 0.356. The van der Waals surface area contributed by atoms with Crippen LogP contribution in [-0.2, 0) is 19.9 Å². The third kappa shape index (κ3) is 3.22. The molecule has 1 aliphatic rings. The number of hydrogen-bond acceptors (Lipinski definition) is 4. The lowest BCUT2D eigenvalue weighted by Crippen LogP contribution is -2.46. The topological polar surface area (TPSA) is 116 Å². The number of aryl methyl sites for hydroxylation is 1. The zero-order chi connectivity index (χ0) is 18.1. The second kappa shape index (κ2) is 6.31. The van der Waals surface area contributed by atoms with E-state index in [1.54, 1.807) is 19.1 Å². The number of aliphatic carboxylic acids is 1. The molecule has 1 saturated heterocycles. The maximum absolute atomic E-state index is 12.6. The van der Waals surface area contributed by atoms with Crippen LogP contribution < -0.4 is 10.6 Å². The van der Waals surface area contributed by atoms with Crippen LogP contribution in [0.1, 0.15) is 25.0 Å². The van der Waals surface area contributed by atoms with Crippen LogP contribution in [0.25, 0.3) is 0 Å². The van der Waals surface area contributed by atoms with Crippen molar-refractivity contribution in [3.8, 4) is 0 Å². The van der Waals surface area contributed by atoms with Gasteiger partial charge in [0.1, 0.15) is 18.1 Å². The minimum Gasteiger partial charge on any atom is -0.480 e. The molecule has 8 nitrogen and oxygen atoms in total. The second-order valence-corrected chi connectivity index (χ2v) is 5.94. The first-order valence-electron chi connectivity index (χ1n) is 7.38. The second-order valence-electron chi connectivity index (χ2n) is 5.94. The minimum atomic E-state index is -1.26. The van der Waals surface area contributed by atoms with Gasteiger partial charge in [-0.1, -0.05) is 29.8 Å². The summed E-state index contributed by atoms with van der Waals surface area (Å²) < 4.78 is 0. The predicted octanol–water partition coefficient (Wildman–Crippen LogP) is 0.351. The molecule has 1 aromatic rings. The Morgan fingerprint density at radius 2 is 1.88 bits per heavy atom. The molecule has 128 valence electrons. The van der Waals surface area contributed by atoms with Gasteiger partial charge in [-0.2, -0.15) is 0 Å². The molecule has 1 fully saturated rings. The number of carbonyl (C=O) groups is 4. The van der Waals surface area contributed by atoms with Crippen LogP contribution in [0.3, 0.4) is 0 Å². The van der Waals surface area contributed by atoms with Gasteiger partial charge in [-0.25, -0.2) is 4.79 Å². The quantitative estimate of drug-likeness (QED) is 0.673. The van der Waals surface area contributed by atoms with Gasteiger partial charge >= 0.3 is 12.0 Å². The van der Waals surface area contributed by atoms with Crippen LogP contribution in [0.4, 0.5) is 4.79 Å². The molecule has 1 aliphatic heterocycles. The molecule has 1 unspecified atom stereocenters. The number of amides is 4. The van der Waals surface area contributed by atoms with Crippen molar-refractivity contribution in [1.82, 2.24) is 15.5 Å². The first kappa shape index (κ1) is 17.5. The van der Waals surface area contributed by atoms with Crippen LogP contribution in [-0.4, -0.2) is 46.4 Å². The number of hydrogen-bond donors (Lipinski definition) is 3. The fourth-order valence-corrected chi connectivity index (χ4v) is 2.42. The van der Waals surface area contributed by atoms with E-state index in [2.05, 4.69) is 10.6 Å². The Kier molecular flexibility index (Phi) is 4.59. The summed E-state index contributed by atoms with van der Waals surface area (Å²) in [7, 11) is 0. The smallest absolute Gasteiger partial charge is 0.325 e. The van der Waals surface area contributed by atoms with Crippen molar-refractivity contribution in [3.63, 3.8) is 0 Å². The molecule has 0 spiro atoms. The summed E-state index contributed by atoms with van der Waals surface area (Å²) in [6.07, 6.45) is 0. The van der Waals surface area contributed by atoms with Crippen molar-refractivity contribution in [2.45, 2.75) is 32.4 Å². The number of benzene rings is 1. The number of nitrogens with zero attached hydrogens (tertiary/aromatic N) is 1. The maximum Gasteiger partial charge on any atom is 0.325 e. The van der Waals surface area contributed by atoms with Crippen molar-refractivity contribution in [1.29, 1.82) is 0 Å². The summed E-state index contributed by atoms with van der Waals surface area (Å²) in [6, 6.07) is 5.32. The molecule has 1 heterocycles. The van der Waals surface area contributed by atoms with Crippen molar-refractivity contribution < 1.29 is 24.3 Å². The summed E-state index contributed by atoms with van der Waals surface area (Å²) >= 11 is 0. The molecule has 0 bridgehead atoms. The lowest BCUT2D eigenvalue weighted by Gasteiger charge is -2.22. The minimum absolute atomic E-state index is 0.538. The van der Waals surface area contributed by atoms with E-state index in [4.69, 9.17) is 5.11 Å². The standard InChI is InChI=1S/C16H19N3O5/c1-9-4-6-11(7-5-9)16(3)14(23)19(15(24)18-16)8-12(20)17-10(2)13(21)22/h4-7,10H,8H2,1-3H3,(H,17,20)(H,18,24)(H,21,22)/t10-,16?/m1/s1. The molecule has 4 amide bonds. The zero-order valence-corrected chi connectivity index (χ0v) is 13.6. The molecule has 24 heavy (non-hydrogen) atoms. The van der Waals surface area contributed by atoms with Gasteiger partial charge in [0.2, 0.25) is 5.91 Å². The monoisotopic (exact) mass is 333 g/mol. The normalized spacial score (nSPS) is 21.4. The summed E-state index contributed by atoms with van der Waals surface area (Å²) in [5.74, 6) is -2.49. The molecule has 2 atom stereocenters. The van der Waals surface area contributed by atoms with Crippen molar-refractivity contribution >= 4 is 23.8 Å². The Bertz CT molecular complexity index is 700. The highest BCUT2D eigenvalue weighted by atomic mass is 16.4. The van der Waals surface area contributed by atoms with E-state index in [1.165, 1.54) is 6.92 Å². The molecule has 2 rings (SSSR count). The third-order valence-electron chi connectivity index (χ3n) is 3.95. The Morgan fingerprint density at radius 3 is 2.42 bits per heavy atom. The number of carbonyl (C=O) groups excluding carboxylic acids is 3. The fraction of sp³-hybridized carbons (Fsp3) is 0.375. The van der Waals surface area contributed by atoms with Crippen LogP contribution in [0, 0.1) is 6.92 Å². The Hall–Kier alpha value is -2.90. The maximum atomic E-state index is 12.6. The number of rotatable bonds is 5. The van der Waals surface area contributed by atoms with E-state index in [1.807, 2.05) is 19.1 Å². The van der Waals surface area contributed by atoms with Crippen molar-refractivity contribution in [2.75, 3.05) is 6.54 Å². The molecular weight excluding hydrogens is 314 g/mol. The van der Waals surface area contributed by atoms with Gasteiger partial charge in [0.05, 0.1) is 0 Å². The van der Waals surface area contributed by atoms with Gasteiger partial charge in [-0.3, -0.25) is 19.3 Å². The number of nitrogens with one attached hydrogen (secondary N) is 2. The fourth-order valence-electron chi connectivity index (χ4n) is 2.42. The number of carboxylic acid groups (broad SMARTS) is 1. The van der Waals surface area contributed by atoms with Crippen LogP contribution in [0.5, 0.6) is 0 Å². The highest BCUT2D eigenvalue weighted by molar-refractivity contribution is 6.09.